The second-order valence-electron chi connectivity index (χ2n) is 2.04. The number of Topliss-reactive ketones (excluding diaryl/α,β-unsaturated/α-hetero) is 1. The predicted molar refractivity (Wildman–Crippen MR) is 34.4 cm³/mol. The number of hydrogen-bond donors (Lipinski definition) is 3. The third-order valence-corrected chi connectivity index (χ3v) is 1.27. The highest BCUT2D eigenvalue weighted by Crippen LogP contribution is 1.98. The zero-order chi connectivity index (χ0) is 8.15. The lowest BCUT2D eigenvalue weighted by Crippen LogP contribution is -2.35. The van der Waals surface area contributed by atoms with E-state index in [0.717, 1.165) is 0 Å². The first kappa shape index (κ1) is 9.55. The number of aliphatic hydroxyl groups is 3. The van der Waals surface area contributed by atoms with Crippen LogP contribution in [-0.4, -0.2) is 39.9 Å². The summed E-state index contributed by atoms with van der Waals surface area (Å²) in [6.45, 7) is 0.913. The van der Waals surface area contributed by atoms with Crippen LogP contribution in [0.25, 0.3) is 0 Å². The second-order valence-corrected chi connectivity index (χ2v) is 2.04. The molecular formula is C6H12O4. The van der Waals surface area contributed by atoms with Crippen LogP contribution in [0, 0.1) is 0 Å². The Morgan fingerprint density at radius 1 is 1.50 bits per heavy atom. The molecule has 0 aliphatic rings. The van der Waals surface area contributed by atoms with E-state index in [2.05, 4.69) is 0 Å². The van der Waals surface area contributed by atoms with Gasteiger partial charge < -0.3 is 15.3 Å². The van der Waals surface area contributed by atoms with Crippen molar-refractivity contribution in [3.63, 3.8) is 0 Å². The zero-order valence-corrected chi connectivity index (χ0v) is 5.82. The standard InChI is InChI=1S/C6H12O4/c1-2-4(8)6(10)5(9)3-7/h4,6-8,10H,2-3H2,1H3. The summed E-state index contributed by atoms with van der Waals surface area (Å²) < 4.78 is 0. The predicted octanol–water partition coefficient (Wildman–Crippen LogP) is -1.32. The maximum absolute atomic E-state index is 10.5. The highest BCUT2D eigenvalue weighted by atomic mass is 16.3. The van der Waals surface area contributed by atoms with Crippen LogP contribution in [0.3, 0.4) is 0 Å². The van der Waals surface area contributed by atoms with Crippen LogP contribution in [0.1, 0.15) is 13.3 Å². The van der Waals surface area contributed by atoms with Gasteiger partial charge >= 0.3 is 0 Å². The molecule has 4 nitrogen and oxygen atoms in total. The van der Waals surface area contributed by atoms with Crippen molar-refractivity contribution >= 4 is 5.78 Å². The van der Waals surface area contributed by atoms with Gasteiger partial charge in [-0.3, -0.25) is 4.79 Å². The molecule has 4 heteroatoms. The lowest BCUT2D eigenvalue weighted by molar-refractivity contribution is -0.135. The minimum absolute atomic E-state index is 0.299. The Morgan fingerprint density at radius 3 is 2.30 bits per heavy atom. The molecule has 0 radical (unpaired) electrons. The van der Waals surface area contributed by atoms with Crippen LogP contribution in [0.4, 0.5) is 0 Å². The summed E-state index contributed by atoms with van der Waals surface area (Å²) in [4.78, 5) is 10.5. The molecule has 0 aromatic heterocycles. The first-order valence-electron chi connectivity index (χ1n) is 3.13. The summed E-state index contributed by atoms with van der Waals surface area (Å²) in [5, 5.41) is 25.9. The maximum atomic E-state index is 10.5. The minimum atomic E-state index is -1.44. The molecule has 0 aromatic carbocycles. The summed E-state index contributed by atoms with van der Waals surface area (Å²) >= 11 is 0. The van der Waals surface area contributed by atoms with E-state index in [1.54, 1.807) is 6.92 Å². The second kappa shape index (κ2) is 4.38. The van der Waals surface area contributed by atoms with Crippen LogP contribution in [0.2, 0.25) is 0 Å². The van der Waals surface area contributed by atoms with Gasteiger partial charge in [0, 0.05) is 0 Å². The van der Waals surface area contributed by atoms with Crippen molar-refractivity contribution in [1.29, 1.82) is 0 Å². The first-order chi connectivity index (χ1) is 4.63. The van der Waals surface area contributed by atoms with Crippen LogP contribution in [0.5, 0.6) is 0 Å². The third-order valence-electron chi connectivity index (χ3n) is 1.27. The summed E-state index contributed by atoms with van der Waals surface area (Å²) in [6.07, 6.45) is -2.19. The number of rotatable bonds is 4. The van der Waals surface area contributed by atoms with Gasteiger partial charge in [0.05, 0.1) is 6.10 Å². The molecule has 0 heterocycles. The molecule has 2 unspecified atom stereocenters. The van der Waals surface area contributed by atoms with Gasteiger partial charge in [-0.15, -0.1) is 0 Å². The molecule has 0 aliphatic carbocycles. The van der Waals surface area contributed by atoms with Gasteiger partial charge in [-0.2, -0.15) is 0 Å². The van der Waals surface area contributed by atoms with E-state index in [9.17, 15) is 4.79 Å². The van der Waals surface area contributed by atoms with Gasteiger partial charge in [-0.1, -0.05) is 6.92 Å². The van der Waals surface area contributed by atoms with Gasteiger partial charge in [0.2, 0.25) is 0 Å². The van der Waals surface area contributed by atoms with Gasteiger partial charge in [-0.05, 0) is 6.42 Å². The molecule has 0 aliphatic heterocycles. The molecule has 0 spiro atoms. The van der Waals surface area contributed by atoms with E-state index in [-0.39, 0.29) is 0 Å². The molecule has 60 valence electrons. The molecule has 0 amide bonds. The summed E-state index contributed by atoms with van der Waals surface area (Å²) in [5.74, 6) is -0.741. The fraction of sp³-hybridized carbons (Fsp3) is 0.833. The van der Waals surface area contributed by atoms with E-state index >= 15 is 0 Å². The van der Waals surface area contributed by atoms with Crippen molar-refractivity contribution in [2.24, 2.45) is 0 Å². The van der Waals surface area contributed by atoms with Crippen molar-refractivity contribution in [3.8, 4) is 0 Å². The average Bonchev–Trinajstić information content (AvgIpc) is 2.00. The Kier molecular flexibility index (Phi) is 4.18. The van der Waals surface area contributed by atoms with Crippen LogP contribution >= 0.6 is 0 Å². The average molecular weight is 148 g/mol. The highest BCUT2D eigenvalue weighted by Gasteiger charge is 2.20. The minimum Gasteiger partial charge on any atom is -0.390 e. The summed E-state index contributed by atoms with van der Waals surface area (Å²) in [6, 6.07) is 0. The van der Waals surface area contributed by atoms with Crippen LogP contribution in [-0.2, 0) is 4.79 Å². The Morgan fingerprint density at radius 2 is 2.00 bits per heavy atom. The Labute approximate surface area is 59.1 Å². The molecule has 0 bridgehead atoms. The van der Waals surface area contributed by atoms with Crippen molar-refractivity contribution in [1.82, 2.24) is 0 Å². The Balaban J connectivity index is 3.81. The lowest BCUT2D eigenvalue weighted by Gasteiger charge is -2.12. The molecule has 0 aromatic rings. The van der Waals surface area contributed by atoms with Crippen LogP contribution in [0.15, 0.2) is 0 Å². The SMILES string of the molecule is CCC(O)C(O)C(=O)CO. The molecule has 0 fully saturated rings. The number of carbonyl (C=O) groups is 1. The molecule has 2 atom stereocenters. The molecule has 3 N–H and O–H groups in total. The van der Waals surface area contributed by atoms with Gasteiger partial charge in [0.15, 0.2) is 5.78 Å². The fourth-order valence-electron chi connectivity index (χ4n) is 0.531. The largest absolute Gasteiger partial charge is 0.390 e. The third kappa shape index (κ3) is 2.43. The van der Waals surface area contributed by atoms with E-state index < -0.39 is 24.6 Å². The topological polar surface area (TPSA) is 77.8 Å². The van der Waals surface area contributed by atoms with Crippen molar-refractivity contribution in [3.05, 3.63) is 0 Å². The highest BCUT2D eigenvalue weighted by molar-refractivity contribution is 5.84. The van der Waals surface area contributed by atoms with E-state index in [4.69, 9.17) is 15.3 Å². The van der Waals surface area contributed by atoms with Crippen molar-refractivity contribution in [2.45, 2.75) is 25.6 Å². The molecule has 0 rings (SSSR count). The fourth-order valence-corrected chi connectivity index (χ4v) is 0.531. The van der Waals surface area contributed by atoms with E-state index in [1.165, 1.54) is 0 Å². The van der Waals surface area contributed by atoms with Gasteiger partial charge in [0.25, 0.3) is 0 Å². The number of aliphatic hydroxyl groups excluding tert-OH is 3. The van der Waals surface area contributed by atoms with Gasteiger partial charge in [-0.25, -0.2) is 0 Å². The first-order valence-corrected chi connectivity index (χ1v) is 3.13. The quantitative estimate of drug-likeness (QED) is 0.462. The lowest BCUT2D eigenvalue weighted by atomic mass is 10.1. The van der Waals surface area contributed by atoms with Crippen LogP contribution < -0.4 is 0 Å². The maximum Gasteiger partial charge on any atom is 0.189 e. The summed E-state index contributed by atoms with van der Waals surface area (Å²) in [5.41, 5.74) is 0. The van der Waals surface area contributed by atoms with E-state index in [1.807, 2.05) is 0 Å². The van der Waals surface area contributed by atoms with E-state index in [0.29, 0.717) is 6.42 Å². The normalized spacial score (nSPS) is 16.4. The number of hydrogen-bond acceptors (Lipinski definition) is 4. The summed E-state index contributed by atoms with van der Waals surface area (Å²) in [7, 11) is 0. The number of carbonyl (C=O) groups excluding carboxylic acids is 1. The van der Waals surface area contributed by atoms with Crippen molar-refractivity contribution in [2.75, 3.05) is 6.61 Å². The van der Waals surface area contributed by atoms with Crippen molar-refractivity contribution < 1.29 is 20.1 Å². The molecule has 10 heavy (non-hydrogen) atoms. The Bertz CT molecular complexity index is 112. The molecule has 0 saturated carbocycles. The smallest absolute Gasteiger partial charge is 0.189 e. The number of ketones is 1. The molecular weight excluding hydrogens is 136 g/mol. The zero-order valence-electron chi connectivity index (χ0n) is 5.82. The molecule has 0 saturated heterocycles. The Hall–Kier alpha value is -0.450. The van der Waals surface area contributed by atoms with Gasteiger partial charge in [0.1, 0.15) is 12.7 Å². The monoisotopic (exact) mass is 148 g/mol.